The summed E-state index contributed by atoms with van der Waals surface area (Å²) < 4.78 is 12.8. The van der Waals surface area contributed by atoms with E-state index in [1.807, 2.05) is 48.7 Å². The van der Waals surface area contributed by atoms with E-state index in [1.165, 1.54) is 0 Å². The lowest BCUT2D eigenvalue weighted by atomic mass is 10.0. The molecule has 0 aliphatic rings. The van der Waals surface area contributed by atoms with Crippen LogP contribution in [-0.2, 0) is 0 Å². The Morgan fingerprint density at radius 3 is 2.15 bits per heavy atom. The van der Waals surface area contributed by atoms with E-state index in [9.17, 15) is 0 Å². The Morgan fingerprint density at radius 2 is 1.26 bits per heavy atom. The molecule has 0 N–H and O–H groups in total. The van der Waals surface area contributed by atoms with Gasteiger partial charge in [0.2, 0.25) is 0 Å². The van der Waals surface area contributed by atoms with Crippen molar-refractivity contribution in [2.45, 2.75) is 0 Å². The number of hydrogen-bond donors (Lipinski definition) is 0. The molecule has 4 heterocycles. The van der Waals surface area contributed by atoms with Crippen molar-refractivity contribution in [2.75, 3.05) is 0 Å². The Labute approximate surface area is 193 Å². The maximum Gasteiger partial charge on any atom is 0.148 e. The minimum Gasteiger partial charge on any atom is -0.455 e. The van der Waals surface area contributed by atoms with Crippen LogP contribution in [0, 0.1) is 0 Å². The summed E-state index contributed by atoms with van der Waals surface area (Å²) in [5.74, 6) is 0. The number of rotatable bonds is 1. The summed E-state index contributed by atoms with van der Waals surface area (Å²) in [5.41, 5.74) is 6.91. The van der Waals surface area contributed by atoms with Crippen molar-refractivity contribution in [2.24, 2.45) is 0 Å². The highest BCUT2D eigenvalue weighted by Crippen LogP contribution is 2.43. The third-order valence-corrected chi connectivity index (χ3v) is 6.70. The molecule has 8 rings (SSSR count). The Hall–Kier alpha value is -4.70. The third-order valence-electron chi connectivity index (χ3n) is 6.70. The van der Waals surface area contributed by atoms with Gasteiger partial charge in [0.1, 0.15) is 22.3 Å². The lowest BCUT2D eigenvalue weighted by molar-refractivity contribution is 0.663. The summed E-state index contributed by atoms with van der Waals surface area (Å²) in [4.78, 5) is 9.73. The lowest BCUT2D eigenvalue weighted by Crippen LogP contribution is -1.89. The minimum atomic E-state index is 0.785. The highest BCUT2D eigenvalue weighted by atomic mass is 16.3. The van der Waals surface area contributed by atoms with Crippen molar-refractivity contribution in [1.29, 1.82) is 0 Å². The van der Waals surface area contributed by atoms with Gasteiger partial charge in [0.25, 0.3) is 0 Å². The first-order valence-electron chi connectivity index (χ1n) is 11.3. The van der Waals surface area contributed by atoms with Gasteiger partial charge >= 0.3 is 0 Å². The van der Waals surface area contributed by atoms with E-state index < -0.39 is 0 Å². The van der Waals surface area contributed by atoms with Crippen molar-refractivity contribution in [1.82, 2.24) is 9.97 Å². The number of nitrogens with zero attached hydrogens (tertiary/aromatic N) is 2. The van der Waals surface area contributed by atoms with Gasteiger partial charge < -0.3 is 8.83 Å². The Balaban J connectivity index is 1.56. The van der Waals surface area contributed by atoms with Gasteiger partial charge in [-0.15, -0.1) is 0 Å². The predicted molar refractivity (Wildman–Crippen MR) is 137 cm³/mol. The van der Waals surface area contributed by atoms with Crippen LogP contribution in [0.3, 0.4) is 0 Å². The Kier molecular flexibility index (Phi) is 3.36. The molecule has 0 spiro atoms. The topological polar surface area (TPSA) is 52.1 Å². The number of para-hydroxylation sites is 2. The predicted octanol–water partition coefficient (Wildman–Crippen LogP) is 8.25. The molecule has 4 aromatic heterocycles. The van der Waals surface area contributed by atoms with Gasteiger partial charge in [-0.25, -0.2) is 4.98 Å². The van der Waals surface area contributed by atoms with Crippen molar-refractivity contribution in [3.8, 4) is 11.3 Å². The number of furan rings is 2. The highest BCUT2D eigenvalue weighted by Gasteiger charge is 2.21. The average Bonchev–Trinajstić information content (AvgIpc) is 3.46. The molecule has 34 heavy (non-hydrogen) atoms. The van der Waals surface area contributed by atoms with Gasteiger partial charge in [-0.05, 0) is 30.3 Å². The number of hydrogen-bond acceptors (Lipinski definition) is 4. The number of benzene rings is 4. The van der Waals surface area contributed by atoms with E-state index in [2.05, 4.69) is 53.5 Å². The van der Waals surface area contributed by atoms with E-state index in [1.54, 1.807) is 0 Å². The normalized spacial score (nSPS) is 12.1. The molecule has 4 heteroatoms. The molecule has 0 aliphatic heterocycles. The maximum absolute atomic E-state index is 6.43. The fourth-order valence-electron chi connectivity index (χ4n) is 5.13. The molecule has 0 saturated carbocycles. The van der Waals surface area contributed by atoms with Crippen molar-refractivity contribution in [3.05, 3.63) is 97.2 Å². The summed E-state index contributed by atoms with van der Waals surface area (Å²) >= 11 is 0. The fourth-order valence-corrected chi connectivity index (χ4v) is 5.13. The molecule has 0 aliphatic carbocycles. The Morgan fingerprint density at radius 1 is 0.559 bits per heavy atom. The molecule has 4 nitrogen and oxygen atoms in total. The smallest absolute Gasteiger partial charge is 0.148 e. The van der Waals surface area contributed by atoms with E-state index in [4.69, 9.17) is 13.8 Å². The maximum atomic E-state index is 6.43. The standard InChI is InChI=1S/C30H16N2O2/c1-3-9-24-19(7-1)21-16-22(30-26(29(21)33-24)20-8-2-4-10-25(20)34-30)23-14-13-18-12-11-17-6-5-15-31-27(17)28(18)32-23/h1-16H. The molecule has 0 unspecified atom stereocenters. The Bertz CT molecular complexity index is 2080. The van der Waals surface area contributed by atoms with Gasteiger partial charge in [0.15, 0.2) is 0 Å². The zero-order chi connectivity index (χ0) is 22.2. The van der Waals surface area contributed by atoms with Crippen molar-refractivity contribution in [3.63, 3.8) is 0 Å². The first-order valence-corrected chi connectivity index (χ1v) is 11.3. The first kappa shape index (κ1) is 17.8. The molecule has 0 amide bonds. The van der Waals surface area contributed by atoms with E-state index >= 15 is 0 Å². The zero-order valence-corrected chi connectivity index (χ0v) is 17.9. The zero-order valence-electron chi connectivity index (χ0n) is 17.9. The van der Waals surface area contributed by atoms with Gasteiger partial charge in [0, 0.05) is 38.7 Å². The molecule has 0 radical (unpaired) electrons. The summed E-state index contributed by atoms with van der Waals surface area (Å²) in [5, 5.41) is 6.30. The number of aromatic nitrogens is 2. The molecule has 0 bridgehead atoms. The van der Waals surface area contributed by atoms with Crippen LogP contribution in [0.4, 0.5) is 0 Å². The molecule has 0 atom stereocenters. The van der Waals surface area contributed by atoms with Crippen LogP contribution < -0.4 is 0 Å². The van der Waals surface area contributed by atoms with Gasteiger partial charge in [-0.1, -0.05) is 60.7 Å². The molecular weight excluding hydrogens is 420 g/mol. The molecule has 158 valence electrons. The van der Waals surface area contributed by atoms with E-state index in [-0.39, 0.29) is 0 Å². The third kappa shape index (κ3) is 2.32. The van der Waals surface area contributed by atoms with Crippen LogP contribution in [0.25, 0.3) is 76.9 Å². The van der Waals surface area contributed by atoms with E-state index in [0.29, 0.717) is 0 Å². The summed E-state index contributed by atoms with van der Waals surface area (Å²) in [6.07, 6.45) is 1.82. The second-order valence-electron chi connectivity index (χ2n) is 8.61. The van der Waals surface area contributed by atoms with Crippen LogP contribution in [-0.4, -0.2) is 9.97 Å². The van der Waals surface area contributed by atoms with Crippen LogP contribution in [0.1, 0.15) is 0 Å². The average molecular weight is 436 g/mol. The largest absolute Gasteiger partial charge is 0.455 e. The molecule has 4 aromatic carbocycles. The monoisotopic (exact) mass is 436 g/mol. The van der Waals surface area contributed by atoms with Gasteiger partial charge in [-0.3, -0.25) is 4.98 Å². The highest BCUT2D eigenvalue weighted by molar-refractivity contribution is 6.25. The van der Waals surface area contributed by atoms with Crippen molar-refractivity contribution >= 4 is 65.7 Å². The SMILES string of the molecule is c1cnc2c(c1)ccc1ccc(-c3cc4c5ccccc5oc4c4c3oc3ccccc34)nc12. The minimum absolute atomic E-state index is 0.785. The number of fused-ring (bicyclic) bond motifs is 10. The summed E-state index contributed by atoms with van der Waals surface area (Å²) in [6, 6.07) is 30.8. The summed E-state index contributed by atoms with van der Waals surface area (Å²) in [6.45, 7) is 0. The fraction of sp³-hybridized carbons (Fsp3) is 0. The molecule has 8 aromatic rings. The molecular formula is C30H16N2O2. The van der Waals surface area contributed by atoms with Crippen LogP contribution >= 0.6 is 0 Å². The first-order chi connectivity index (χ1) is 16.8. The van der Waals surface area contributed by atoms with Gasteiger partial charge in [0.05, 0.1) is 22.1 Å². The second kappa shape index (κ2) is 6.42. The lowest BCUT2D eigenvalue weighted by Gasteiger charge is -2.07. The molecule has 0 fully saturated rings. The van der Waals surface area contributed by atoms with Gasteiger partial charge in [-0.2, -0.15) is 0 Å². The van der Waals surface area contributed by atoms with Crippen LogP contribution in [0.5, 0.6) is 0 Å². The summed E-state index contributed by atoms with van der Waals surface area (Å²) in [7, 11) is 0. The number of pyridine rings is 2. The second-order valence-corrected chi connectivity index (χ2v) is 8.61. The van der Waals surface area contributed by atoms with Crippen molar-refractivity contribution < 1.29 is 8.83 Å². The quantitative estimate of drug-likeness (QED) is 0.243. The molecule has 0 saturated heterocycles. The van der Waals surface area contributed by atoms with E-state index in [0.717, 1.165) is 76.9 Å². The van der Waals surface area contributed by atoms with Crippen LogP contribution in [0.2, 0.25) is 0 Å². The van der Waals surface area contributed by atoms with Crippen LogP contribution in [0.15, 0.2) is 106 Å².